The van der Waals surface area contributed by atoms with E-state index in [-0.39, 0.29) is 5.82 Å². The molecule has 5 heteroatoms. The predicted molar refractivity (Wildman–Crippen MR) is 88.4 cm³/mol. The van der Waals surface area contributed by atoms with E-state index in [0.29, 0.717) is 15.8 Å². The Hall–Kier alpha value is -0.610. The second kappa shape index (κ2) is 5.88. The van der Waals surface area contributed by atoms with Gasteiger partial charge >= 0.3 is 0 Å². The maximum absolute atomic E-state index is 13.7. The van der Waals surface area contributed by atoms with E-state index < -0.39 is 0 Å². The highest BCUT2D eigenvalue weighted by Gasteiger charge is 2.42. The molecule has 2 nitrogen and oxygen atoms in total. The van der Waals surface area contributed by atoms with Crippen molar-refractivity contribution in [3.05, 3.63) is 28.2 Å². The van der Waals surface area contributed by atoms with Gasteiger partial charge in [-0.3, -0.25) is 0 Å². The summed E-state index contributed by atoms with van der Waals surface area (Å²) in [5, 5.41) is 0. The molecule has 0 spiro atoms. The summed E-state index contributed by atoms with van der Waals surface area (Å²) in [7, 11) is 0. The van der Waals surface area contributed by atoms with Crippen LogP contribution in [-0.4, -0.2) is 15.4 Å². The average Bonchev–Trinajstić information content (AvgIpc) is 3.13. The molecule has 0 N–H and O–H groups in total. The minimum atomic E-state index is -0.265. The molecule has 1 aliphatic rings. The number of fused-ring (bicyclic) bond motifs is 1. The zero-order valence-electron chi connectivity index (χ0n) is 12.1. The fraction of sp³-hybridized carbons (Fsp3) is 0.562. The second-order valence-corrected chi connectivity index (χ2v) is 7.29. The Morgan fingerprint density at radius 2 is 2.19 bits per heavy atom. The molecule has 1 saturated carbocycles. The first-order valence-corrected chi connectivity index (χ1v) is 8.81. The third-order valence-electron chi connectivity index (χ3n) is 4.42. The Kier molecular flexibility index (Phi) is 4.28. The van der Waals surface area contributed by atoms with Gasteiger partial charge in [0.15, 0.2) is 0 Å². The maximum Gasteiger partial charge on any atom is 0.139 e. The van der Waals surface area contributed by atoms with Gasteiger partial charge in [0.25, 0.3) is 0 Å². The van der Waals surface area contributed by atoms with Crippen LogP contribution in [0.1, 0.15) is 38.4 Å². The molecule has 0 amide bonds. The lowest BCUT2D eigenvalue weighted by atomic mass is 10.0. The summed E-state index contributed by atoms with van der Waals surface area (Å²) in [6.07, 6.45) is 5.73. The second-order valence-electron chi connectivity index (χ2n) is 6.06. The quantitative estimate of drug-likeness (QED) is 0.628. The topological polar surface area (TPSA) is 17.8 Å². The number of rotatable bonds is 6. The van der Waals surface area contributed by atoms with Gasteiger partial charge in [-0.1, -0.05) is 13.3 Å². The number of hydrogen-bond donors (Lipinski definition) is 0. The minimum Gasteiger partial charge on any atom is -0.327 e. The van der Waals surface area contributed by atoms with Gasteiger partial charge in [-0.15, -0.1) is 11.6 Å². The van der Waals surface area contributed by atoms with E-state index in [4.69, 9.17) is 11.6 Å². The number of hydrogen-bond acceptors (Lipinski definition) is 1. The first-order chi connectivity index (χ1) is 10.1. The van der Waals surface area contributed by atoms with Crippen LogP contribution in [0.3, 0.4) is 0 Å². The van der Waals surface area contributed by atoms with Gasteiger partial charge in [0.2, 0.25) is 0 Å². The maximum atomic E-state index is 13.7. The molecular formula is C16H19BrClFN2. The van der Waals surface area contributed by atoms with Gasteiger partial charge in [-0.25, -0.2) is 9.37 Å². The summed E-state index contributed by atoms with van der Waals surface area (Å²) in [5.41, 5.74) is 2.15. The third-order valence-corrected chi connectivity index (χ3v) is 5.22. The fourth-order valence-electron chi connectivity index (χ4n) is 3.15. The lowest BCUT2D eigenvalue weighted by molar-refractivity contribution is 0.387. The summed E-state index contributed by atoms with van der Waals surface area (Å²) in [4.78, 5) is 4.59. The van der Waals surface area contributed by atoms with Crippen molar-refractivity contribution >= 4 is 38.6 Å². The van der Waals surface area contributed by atoms with E-state index in [2.05, 4.69) is 32.4 Å². The molecule has 3 rings (SSSR count). The normalized spacial score (nSPS) is 16.6. The molecule has 1 aromatic carbocycles. The molecule has 1 heterocycles. The van der Waals surface area contributed by atoms with Crippen LogP contribution < -0.4 is 0 Å². The van der Waals surface area contributed by atoms with Crippen molar-refractivity contribution in [3.63, 3.8) is 0 Å². The van der Waals surface area contributed by atoms with Crippen molar-refractivity contribution in [1.29, 1.82) is 0 Å². The standard InChI is InChI=1S/C16H19BrClFN2/c1-2-4-16(5-6-16)10-21-14-8-11(17)12(19)9-13(14)20-15(21)3-7-18/h8-9H,2-7,10H2,1H3. The van der Waals surface area contributed by atoms with Crippen LogP contribution in [0.4, 0.5) is 4.39 Å². The summed E-state index contributed by atoms with van der Waals surface area (Å²) < 4.78 is 16.5. The average molecular weight is 374 g/mol. The van der Waals surface area contributed by atoms with Crippen molar-refractivity contribution in [2.45, 2.75) is 45.6 Å². The molecular weight excluding hydrogens is 355 g/mol. The number of benzene rings is 1. The van der Waals surface area contributed by atoms with E-state index >= 15 is 0 Å². The summed E-state index contributed by atoms with van der Waals surface area (Å²) in [6, 6.07) is 3.35. The highest BCUT2D eigenvalue weighted by atomic mass is 79.9. The molecule has 0 saturated heterocycles. The Bertz CT molecular complexity index is 664. The molecule has 0 bridgehead atoms. The number of imidazole rings is 1. The Morgan fingerprint density at radius 3 is 2.81 bits per heavy atom. The van der Waals surface area contributed by atoms with Crippen LogP contribution in [0.2, 0.25) is 0 Å². The Morgan fingerprint density at radius 1 is 1.43 bits per heavy atom. The molecule has 0 aliphatic heterocycles. The third kappa shape index (κ3) is 2.98. The van der Waals surface area contributed by atoms with E-state index in [1.807, 2.05) is 6.07 Å². The monoisotopic (exact) mass is 372 g/mol. The molecule has 0 unspecified atom stereocenters. The Labute approximate surface area is 137 Å². The van der Waals surface area contributed by atoms with Crippen LogP contribution >= 0.6 is 27.5 Å². The number of halogens is 3. The van der Waals surface area contributed by atoms with E-state index in [9.17, 15) is 4.39 Å². The van der Waals surface area contributed by atoms with E-state index in [1.54, 1.807) is 0 Å². The number of nitrogens with zero attached hydrogens (tertiary/aromatic N) is 2. The molecule has 2 aromatic rings. The van der Waals surface area contributed by atoms with Crippen LogP contribution in [0.5, 0.6) is 0 Å². The summed E-state index contributed by atoms with van der Waals surface area (Å²) in [5.74, 6) is 1.24. The molecule has 0 atom stereocenters. The van der Waals surface area contributed by atoms with Crippen molar-refractivity contribution in [1.82, 2.24) is 9.55 Å². The van der Waals surface area contributed by atoms with Crippen molar-refractivity contribution in [2.75, 3.05) is 5.88 Å². The highest BCUT2D eigenvalue weighted by Crippen LogP contribution is 2.51. The predicted octanol–water partition coefficient (Wildman–Crippen LogP) is 5.30. The SMILES string of the molecule is CCCC1(Cn2c(CCCl)nc3cc(F)c(Br)cc32)CC1. The number of aryl methyl sites for hydroxylation is 1. The van der Waals surface area contributed by atoms with Crippen LogP contribution in [-0.2, 0) is 13.0 Å². The van der Waals surface area contributed by atoms with Crippen molar-refractivity contribution < 1.29 is 4.39 Å². The van der Waals surface area contributed by atoms with Crippen LogP contribution in [0.15, 0.2) is 16.6 Å². The summed E-state index contributed by atoms with van der Waals surface area (Å²) >= 11 is 9.19. The zero-order chi connectivity index (χ0) is 15.0. The fourth-order valence-corrected chi connectivity index (χ4v) is 3.65. The smallest absolute Gasteiger partial charge is 0.139 e. The molecule has 1 aliphatic carbocycles. The van der Waals surface area contributed by atoms with Gasteiger partial charge in [0, 0.05) is 24.9 Å². The molecule has 0 radical (unpaired) electrons. The largest absolute Gasteiger partial charge is 0.327 e. The molecule has 114 valence electrons. The van der Waals surface area contributed by atoms with Gasteiger partial charge in [0.1, 0.15) is 11.6 Å². The minimum absolute atomic E-state index is 0.265. The zero-order valence-corrected chi connectivity index (χ0v) is 14.5. The highest BCUT2D eigenvalue weighted by molar-refractivity contribution is 9.10. The Balaban J connectivity index is 2.05. The van der Waals surface area contributed by atoms with Gasteiger partial charge in [0.05, 0.1) is 15.5 Å². The van der Waals surface area contributed by atoms with Crippen molar-refractivity contribution in [3.8, 4) is 0 Å². The first kappa shape index (κ1) is 15.3. The molecule has 21 heavy (non-hydrogen) atoms. The lowest BCUT2D eigenvalue weighted by Gasteiger charge is -2.17. The molecule has 1 fully saturated rings. The van der Waals surface area contributed by atoms with E-state index in [0.717, 1.165) is 29.8 Å². The van der Waals surface area contributed by atoms with Crippen molar-refractivity contribution in [2.24, 2.45) is 5.41 Å². The number of aromatic nitrogens is 2. The van der Waals surface area contributed by atoms with E-state index in [1.165, 1.54) is 31.7 Å². The van der Waals surface area contributed by atoms with Gasteiger partial charge in [-0.05, 0) is 46.7 Å². The van der Waals surface area contributed by atoms with Crippen LogP contribution in [0, 0.1) is 11.2 Å². The lowest BCUT2D eigenvalue weighted by Crippen LogP contribution is -2.14. The van der Waals surface area contributed by atoms with Gasteiger partial charge < -0.3 is 4.57 Å². The molecule has 1 aromatic heterocycles. The number of alkyl halides is 1. The van der Waals surface area contributed by atoms with Crippen LogP contribution in [0.25, 0.3) is 11.0 Å². The first-order valence-electron chi connectivity index (χ1n) is 7.49. The van der Waals surface area contributed by atoms with Gasteiger partial charge in [-0.2, -0.15) is 0 Å². The summed E-state index contributed by atoms with van der Waals surface area (Å²) in [6.45, 7) is 3.21.